The van der Waals surface area contributed by atoms with Crippen molar-refractivity contribution in [3.8, 4) is 5.75 Å². The highest BCUT2D eigenvalue weighted by molar-refractivity contribution is 6.32. The molecule has 1 N–H and O–H groups in total. The van der Waals surface area contributed by atoms with E-state index in [4.69, 9.17) is 16.3 Å². The highest BCUT2D eigenvalue weighted by Gasteiger charge is 2.15. The van der Waals surface area contributed by atoms with Gasteiger partial charge in [0, 0.05) is 11.6 Å². The quantitative estimate of drug-likeness (QED) is 0.517. The molecule has 0 heterocycles. The number of nitro benzene ring substituents is 1. The topological polar surface area (TPSA) is 93.8 Å². The molecule has 0 unspecified atom stereocenters. The van der Waals surface area contributed by atoms with E-state index in [0.29, 0.717) is 5.75 Å². The van der Waals surface area contributed by atoms with Gasteiger partial charge < -0.3 is 4.74 Å². The molecule has 23 heavy (non-hydrogen) atoms. The van der Waals surface area contributed by atoms with E-state index in [0.717, 1.165) is 11.6 Å². The summed E-state index contributed by atoms with van der Waals surface area (Å²) in [5.41, 5.74) is 2.77. The summed E-state index contributed by atoms with van der Waals surface area (Å²) in [6, 6.07) is 10.9. The fourth-order valence-corrected chi connectivity index (χ4v) is 1.93. The molecule has 0 aromatic heterocycles. The van der Waals surface area contributed by atoms with Crippen LogP contribution in [0.3, 0.4) is 0 Å². The lowest BCUT2D eigenvalue weighted by molar-refractivity contribution is -0.384. The Hall–Kier alpha value is -2.93. The second kappa shape index (κ2) is 7.37. The molecule has 0 radical (unpaired) electrons. The number of benzene rings is 2. The Morgan fingerprint density at radius 2 is 2.13 bits per heavy atom. The largest absolute Gasteiger partial charge is 0.497 e. The molecule has 0 aliphatic heterocycles. The smallest absolute Gasteiger partial charge is 0.288 e. The van der Waals surface area contributed by atoms with E-state index >= 15 is 0 Å². The van der Waals surface area contributed by atoms with Crippen molar-refractivity contribution >= 4 is 29.4 Å². The predicted octanol–water partition coefficient (Wildman–Crippen LogP) is 3.02. The first-order valence-corrected chi connectivity index (χ1v) is 6.80. The van der Waals surface area contributed by atoms with Crippen LogP contribution < -0.4 is 10.2 Å². The van der Waals surface area contributed by atoms with Gasteiger partial charge in [0.2, 0.25) is 0 Å². The number of carbonyl (C=O) groups excluding carboxylic acids is 1. The Morgan fingerprint density at radius 3 is 2.83 bits per heavy atom. The number of nitro groups is 1. The fraction of sp³-hybridized carbons (Fsp3) is 0.0667. The zero-order valence-corrected chi connectivity index (χ0v) is 12.8. The second-order valence-electron chi connectivity index (χ2n) is 4.40. The standard InChI is InChI=1S/C15H12ClN3O4/c1-23-12-4-2-3-10(7-12)9-17-18-15(20)11-5-6-13(16)14(8-11)19(21)22/h2-9H,1H3,(H,18,20)/b17-9+. The fourth-order valence-electron chi connectivity index (χ4n) is 1.75. The summed E-state index contributed by atoms with van der Waals surface area (Å²) in [6.07, 6.45) is 1.44. The lowest BCUT2D eigenvalue weighted by Crippen LogP contribution is -2.17. The number of hydrazone groups is 1. The molecule has 7 nitrogen and oxygen atoms in total. The minimum atomic E-state index is -0.654. The van der Waals surface area contributed by atoms with E-state index in [1.54, 1.807) is 31.4 Å². The summed E-state index contributed by atoms with van der Waals surface area (Å²) in [6.45, 7) is 0. The SMILES string of the molecule is COc1cccc(/C=N/NC(=O)c2ccc(Cl)c([N+](=O)[O-])c2)c1. The number of nitrogens with one attached hydrogen (secondary N) is 1. The summed E-state index contributed by atoms with van der Waals surface area (Å²) in [4.78, 5) is 22.1. The number of halogens is 1. The van der Waals surface area contributed by atoms with Crippen molar-refractivity contribution in [1.29, 1.82) is 0 Å². The van der Waals surface area contributed by atoms with Crippen LogP contribution in [-0.4, -0.2) is 24.2 Å². The molecule has 0 saturated carbocycles. The molecule has 0 bridgehead atoms. The lowest BCUT2D eigenvalue weighted by atomic mass is 10.2. The van der Waals surface area contributed by atoms with Crippen LogP contribution in [0.15, 0.2) is 47.6 Å². The zero-order valence-electron chi connectivity index (χ0n) is 12.0. The van der Waals surface area contributed by atoms with Crippen LogP contribution in [0.1, 0.15) is 15.9 Å². The van der Waals surface area contributed by atoms with Gasteiger partial charge in [0.05, 0.1) is 18.2 Å². The summed E-state index contributed by atoms with van der Waals surface area (Å²) < 4.78 is 5.07. The summed E-state index contributed by atoms with van der Waals surface area (Å²) in [5.74, 6) is 0.0810. The van der Waals surface area contributed by atoms with Gasteiger partial charge in [0.1, 0.15) is 10.8 Å². The monoisotopic (exact) mass is 333 g/mol. The van der Waals surface area contributed by atoms with Crippen LogP contribution in [0.25, 0.3) is 0 Å². The van der Waals surface area contributed by atoms with Crippen molar-refractivity contribution in [3.05, 3.63) is 68.7 Å². The van der Waals surface area contributed by atoms with Crippen LogP contribution in [0.2, 0.25) is 5.02 Å². The molecule has 0 fully saturated rings. The minimum Gasteiger partial charge on any atom is -0.497 e. The van der Waals surface area contributed by atoms with E-state index in [-0.39, 0.29) is 16.3 Å². The molecule has 8 heteroatoms. The maximum Gasteiger partial charge on any atom is 0.288 e. The van der Waals surface area contributed by atoms with E-state index in [2.05, 4.69) is 10.5 Å². The Balaban J connectivity index is 2.08. The molecule has 0 atom stereocenters. The van der Waals surface area contributed by atoms with E-state index in [1.165, 1.54) is 18.3 Å². The first-order chi connectivity index (χ1) is 11.0. The first kappa shape index (κ1) is 16.4. The Kier molecular flexibility index (Phi) is 5.27. The molecule has 0 saturated heterocycles. The Bertz CT molecular complexity index is 777. The van der Waals surface area contributed by atoms with Crippen LogP contribution in [0.4, 0.5) is 5.69 Å². The van der Waals surface area contributed by atoms with Gasteiger partial charge in [-0.3, -0.25) is 14.9 Å². The number of rotatable bonds is 5. The van der Waals surface area contributed by atoms with Gasteiger partial charge in [0.15, 0.2) is 0 Å². The number of amides is 1. The van der Waals surface area contributed by atoms with Gasteiger partial charge >= 0.3 is 0 Å². The zero-order chi connectivity index (χ0) is 16.8. The molecule has 2 rings (SSSR count). The Labute approximate surface area is 136 Å². The lowest BCUT2D eigenvalue weighted by Gasteiger charge is -2.02. The average Bonchev–Trinajstić information content (AvgIpc) is 2.55. The average molecular weight is 334 g/mol. The van der Waals surface area contributed by atoms with Crippen LogP contribution in [0, 0.1) is 10.1 Å². The molecule has 2 aromatic rings. The normalized spacial score (nSPS) is 10.5. The van der Waals surface area contributed by atoms with Crippen molar-refractivity contribution in [2.24, 2.45) is 5.10 Å². The minimum absolute atomic E-state index is 0.0357. The van der Waals surface area contributed by atoms with Crippen molar-refractivity contribution in [3.63, 3.8) is 0 Å². The van der Waals surface area contributed by atoms with E-state index in [9.17, 15) is 14.9 Å². The van der Waals surface area contributed by atoms with E-state index in [1.807, 2.05) is 0 Å². The van der Waals surface area contributed by atoms with Gasteiger partial charge in [0.25, 0.3) is 11.6 Å². The third-order valence-corrected chi connectivity index (χ3v) is 3.20. The highest BCUT2D eigenvalue weighted by Crippen LogP contribution is 2.24. The third kappa shape index (κ3) is 4.27. The van der Waals surface area contributed by atoms with Gasteiger partial charge in [-0.2, -0.15) is 5.10 Å². The van der Waals surface area contributed by atoms with Crippen LogP contribution >= 0.6 is 11.6 Å². The maximum absolute atomic E-state index is 11.9. The van der Waals surface area contributed by atoms with Crippen molar-refractivity contribution in [2.45, 2.75) is 0 Å². The predicted molar refractivity (Wildman–Crippen MR) is 86.2 cm³/mol. The van der Waals surface area contributed by atoms with Gasteiger partial charge in [-0.05, 0) is 29.8 Å². The molecular weight excluding hydrogens is 322 g/mol. The van der Waals surface area contributed by atoms with Crippen molar-refractivity contribution in [2.75, 3.05) is 7.11 Å². The summed E-state index contributed by atoms with van der Waals surface area (Å²) in [7, 11) is 1.55. The first-order valence-electron chi connectivity index (χ1n) is 6.42. The molecule has 1 amide bonds. The summed E-state index contributed by atoms with van der Waals surface area (Å²) in [5, 5.41) is 14.6. The maximum atomic E-state index is 11.9. The highest BCUT2D eigenvalue weighted by atomic mass is 35.5. The molecular formula is C15H12ClN3O4. The molecule has 0 aliphatic rings. The summed E-state index contributed by atoms with van der Waals surface area (Å²) >= 11 is 5.69. The van der Waals surface area contributed by atoms with Gasteiger partial charge in [-0.25, -0.2) is 5.43 Å². The van der Waals surface area contributed by atoms with Crippen molar-refractivity contribution < 1.29 is 14.5 Å². The Morgan fingerprint density at radius 1 is 1.35 bits per heavy atom. The van der Waals surface area contributed by atoms with Gasteiger partial charge in [-0.15, -0.1) is 0 Å². The number of hydrogen-bond acceptors (Lipinski definition) is 5. The number of ether oxygens (including phenoxy) is 1. The number of hydrogen-bond donors (Lipinski definition) is 1. The van der Waals surface area contributed by atoms with Crippen LogP contribution in [0.5, 0.6) is 5.75 Å². The van der Waals surface area contributed by atoms with Crippen LogP contribution in [-0.2, 0) is 0 Å². The second-order valence-corrected chi connectivity index (χ2v) is 4.81. The molecule has 118 valence electrons. The van der Waals surface area contributed by atoms with E-state index < -0.39 is 10.8 Å². The molecule has 2 aromatic carbocycles. The molecule has 0 aliphatic carbocycles. The van der Waals surface area contributed by atoms with Crippen molar-refractivity contribution in [1.82, 2.24) is 5.43 Å². The molecule has 0 spiro atoms. The third-order valence-electron chi connectivity index (χ3n) is 2.88. The van der Waals surface area contributed by atoms with Gasteiger partial charge in [-0.1, -0.05) is 23.7 Å². The number of carbonyl (C=O) groups is 1. The number of nitrogens with zero attached hydrogens (tertiary/aromatic N) is 2. The number of methoxy groups -OCH3 is 1.